The second kappa shape index (κ2) is 5.91. The summed E-state index contributed by atoms with van der Waals surface area (Å²) in [5, 5.41) is 0.445. The summed E-state index contributed by atoms with van der Waals surface area (Å²) in [6, 6.07) is 0. The third kappa shape index (κ3) is 3.34. The first-order valence-electron chi connectivity index (χ1n) is 5.39. The number of aryl methyl sites for hydroxylation is 1. The highest BCUT2D eigenvalue weighted by Gasteiger charge is 2.08. The summed E-state index contributed by atoms with van der Waals surface area (Å²) in [5.41, 5.74) is 0.813. The second-order valence-electron chi connectivity index (χ2n) is 3.36. The Balaban J connectivity index is 2.74. The Morgan fingerprint density at radius 3 is 2.47 bits per heavy atom. The lowest BCUT2D eigenvalue weighted by Crippen LogP contribution is -2.14. The van der Waals surface area contributed by atoms with Crippen molar-refractivity contribution in [2.75, 3.05) is 0 Å². The van der Waals surface area contributed by atoms with Crippen LogP contribution in [-0.4, -0.2) is 16.1 Å². The molecule has 0 aliphatic carbocycles. The first kappa shape index (κ1) is 12.2. The summed E-state index contributed by atoms with van der Waals surface area (Å²) in [5.74, 6) is 0.519. The SMILES string of the molecule is CCc1ncc(OC(CC)CC)nc1Cl. The predicted molar refractivity (Wildman–Crippen MR) is 61.4 cm³/mol. The first-order valence-corrected chi connectivity index (χ1v) is 5.77. The van der Waals surface area contributed by atoms with Crippen molar-refractivity contribution in [1.82, 2.24) is 9.97 Å². The molecule has 4 heteroatoms. The number of nitrogens with zero attached hydrogens (tertiary/aromatic N) is 2. The lowest BCUT2D eigenvalue weighted by Gasteiger charge is -2.14. The van der Waals surface area contributed by atoms with E-state index in [9.17, 15) is 0 Å². The third-order valence-electron chi connectivity index (χ3n) is 2.31. The summed E-state index contributed by atoms with van der Waals surface area (Å²) >= 11 is 5.95. The average molecular weight is 229 g/mol. The Kier molecular flexibility index (Phi) is 4.82. The van der Waals surface area contributed by atoms with Crippen molar-refractivity contribution < 1.29 is 4.74 Å². The van der Waals surface area contributed by atoms with E-state index in [0.29, 0.717) is 11.0 Å². The zero-order valence-corrected chi connectivity index (χ0v) is 10.2. The molecular weight excluding hydrogens is 212 g/mol. The molecule has 0 unspecified atom stereocenters. The smallest absolute Gasteiger partial charge is 0.234 e. The second-order valence-corrected chi connectivity index (χ2v) is 3.71. The summed E-state index contributed by atoms with van der Waals surface area (Å²) < 4.78 is 5.64. The third-order valence-corrected chi connectivity index (χ3v) is 2.61. The van der Waals surface area contributed by atoms with Crippen molar-refractivity contribution >= 4 is 11.6 Å². The van der Waals surface area contributed by atoms with Gasteiger partial charge in [-0.3, -0.25) is 4.98 Å². The van der Waals surface area contributed by atoms with Crippen LogP contribution in [-0.2, 0) is 6.42 Å². The molecule has 0 bridgehead atoms. The van der Waals surface area contributed by atoms with E-state index in [-0.39, 0.29) is 6.10 Å². The Labute approximate surface area is 95.8 Å². The zero-order valence-electron chi connectivity index (χ0n) is 9.46. The molecule has 0 aromatic carbocycles. The monoisotopic (exact) mass is 228 g/mol. The quantitative estimate of drug-likeness (QED) is 0.776. The maximum absolute atomic E-state index is 5.95. The summed E-state index contributed by atoms with van der Waals surface area (Å²) in [6.45, 7) is 6.17. The van der Waals surface area contributed by atoms with Crippen molar-refractivity contribution in [3.8, 4) is 5.88 Å². The van der Waals surface area contributed by atoms with E-state index >= 15 is 0 Å². The molecule has 15 heavy (non-hydrogen) atoms. The predicted octanol–water partition coefficient (Wildman–Crippen LogP) is 3.26. The van der Waals surface area contributed by atoms with Gasteiger partial charge in [-0.1, -0.05) is 32.4 Å². The number of ether oxygens (including phenoxy) is 1. The maximum atomic E-state index is 5.95. The molecule has 0 radical (unpaired) electrons. The van der Waals surface area contributed by atoms with Gasteiger partial charge in [0.25, 0.3) is 0 Å². The van der Waals surface area contributed by atoms with Crippen LogP contribution in [0.1, 0.15) is 39.3 Å². The maximum Gasteiger partial charge on any atom is 0.234 e. The molecule has 0 atom stereocenters. The van der Waals surface area contributed by atoms with Gasteiger partial charge in [0.15, 0.2) is 5.15 Å². The largest absolute Gasteiger partial charge is 0.473 e. The minimum Gasteiger partial charge on any atom is -0.473 e. The van der Waals surface area contributed by atoms with Crippen LogP contribution in [0.4, 0.5) is 0 Å². The van der Waals surface area contributed by atoms with E-state index < -0.39 is 0 Å². The number of rotatable bonds is 5. The highest BCUT2D eigenvalue weighted by Crippen LogP contribution is 2.17. The van der Waals surface area contributed by atoms with Crippen molar-refractivity contribution in [2.24, 2.45) is 0 Å². The Morgan fingerprint density at radius 1 is 1.33 bits per heavy atom. The van der Waals surface area contributed by atoms with Crippen LogP contribution in [0.25, 0.3) is 0 Å². The first-order chi connectivity index (χ1) is 7.21. The van der Waals surface area contributed by atoms with E-state index in [1.807, 2.05) is 6.92 Å². The minimum atomic E-state index is 0.197. The van der Waals surface area contributed by atoms with Gasteiger partial charge in [0.05, 0.1) is 18.0 Å². The van der Waals surface area contributed by atoms with Crippen LogP contribution in [0.15, 0.2) is 6.20 Å². The number of aromatic nitrogens is 2. The lowest BCUT2D eigenvalue weighted by atomic mass is 10.2. The summed E-state index contributed by atoms with van der Waals surface area (Å²) in [7, 11) is 0. The molecule has 0 fully saturated rings. The van der Waals surface area contributed by atoms with E-state index in [2.05, 4.69) is 23.8 Å². The molecule has 3 nitrogen and oxygen atoms in total. The fraction of sp³-hybridized carbons (Fsp3) is 0.636. The van der Waals surface area contributed by atoms with Gasteiger partial charge in [0, 0.05) is 0 Å². The van der Waals surface area contributed by atoms with Gasteiger partial charge < -0.3 is 4.74 Å². The van der Waals surface area contributed by atoms with Gasteiger partial charge >= 0.3 is 0 Å². The van der Waals surface area contributed by atoms with Gasteiger partial charge in [-0.25, -0.2) is 0 Å². The fourth-order valence-electron chi connectivity index (χ4n) is 1.30. The molecule has 0 amide bonds. The molecule has 1 rings (SSSR count). The van der Waals surface area contributed by atoms with E-state index in [0.717, 1.165) is 25.0 Å². The topological polar surface area (TPSA) is 35.0 Å². The molecule has 1 heterocycles. The van der Waals surface area contributed by atoms with Crippen molar-refractivity contribution in [1.29, 1.82) is 0 Å². The van der Waals surface area contributed by atoms with Gasteiger partial charge in [-0.15, -0.1) is 0 Å². The van der Waals surface area contributed by atoms with Crippen molar-refractivity contribution in [3.05, 3.63) is 17.0 Å². The standard InChI is InChI=1S/C11H17ClN2O/c1-4-8(5-2)15-10-7-13-9(6-3)11(12)14-10/h7-8H,4-6H2,1-3H3. The molecule has 84 valence electrons. The summed E-state index contributed by atoms with van der Waals surface area (Å²) in [4.78, 5) is 8.36. The average Bonchev–Trinajstić information content (AvgIpc) is 2.26. The number of hydrogen-bond acceptors (Lipinski definition) is 3. The van der Waals surface area contributed by atoms with Crippen LogP contribution in [0.5, 0.6) is 5.88 Å². The van der Waals surface area contributed by atoms with Gasteiger partial charge in [0.1, 0.15) is 0 Å². The van der Waals surface area contributed by atoms with Crippen molar-refractivity contribution in [2.45, 2.75) is 46.1 Å². The fourth-order valence-corrected chi connectivity index (χ4v) is 1.56. The zero-order chi connectivity index (χ0) is 11.3. The Bertz CT molecular complexity index is 313. The van der Waals surface area contributed by atoms with Gasteiger partial charge in [-0.05, 0) is 19.3 Å². The van der Waals surface area contributed by atoms with E-state index in [1.54, 1.807) is 6.20 Å². The van der Waals surface area contributed by atoms with Crippen LogP contribution in [0.2, 0.25) is 5.15 Å². The molecule has 1 aromatic heterocycles. The van der Waals surface area contributed by atoms with E-state index in [1.165, 1.54) is 0 Å². The minimum absolute atomic E-state index is 0.197. The normalized spacial score (nSPS) is 10.7. The highest BCUT2D eigenvalue weighted by atomic mass is 35.5. The Hall–Kier alpha value is -0.830. The molecular formula is C11H17ClN2O. The molecule has 0 saturated carbocycles. The highest BCUT2D eigenvalue weighted by molar-refractivity contribution is 6.30. The van der Waals surface area contributed by atoms with Gasteiger partial charge in [-0.2, -0.15) is 4.98 Å². The lowest BCUT2D eigenvalue weighted by molar-refractivity contribution is 0.184. The van der Waals surface area contributed by atoms with Crippen LogP contribution in [0.3, 0.4) is 0 Å². The molecule has 0 aliphatic rings. The van der Waals surface area contributed by atoms with E-state index in [4.69, 9.17) is 16.3 Å². The Morgan fingerprint density at radius 2 is 2.00 bits per heavy atom. The molecule has 1 aromatic rings. The molecule has 0 N–H and O–H groups in total. The number of hydrogen-bond donors (Lipinski definition) is 0. The molecule has 0 saturated heterocycles. The molecule has 0 aliphatic heterocycles. The summed E-state index contributed by atoms with van der Waals surface area (Å²) in [6.07, 6.45) is 4.56. The molecule has 0 spiro atoms. The van der Waals surface area contributed by atoms with Crippen molar-refractivity contribution in [3.63, 3.8) is 0 Å². The van der Waals surface area contributed by atoms with Crippen LogP contribution >= 0.6 is 11.6 Å². The van der Waals surface area contributed by atoms with Crippen LogP contribution in [0, 0.1) is 0 Å². The van der Waals surface area contributed by atoms with Crippen LogP contribution < -0.4 is 4.74 Å². The van der Waals surface area contributed by atoms with Gasteiger partial charge in [0.2, 0.25) is 5.88 Å². The number of halogens is 1.